The third kappa shape index (κ3) is 2.43. The first-order valence-electron chi connectivity index (χ1n) is 7.08. The molecule has 1 atom stereocenters. The second-order valence-corrected chi connectivity index (χ2v) is 5.45. The number of benzene rings is 1. The Morgan fingerprint density at radius 1 is 1.40 bits per heavy atom. The van der Waals surface area contributed by atoms with Gasteiger partial charge in [-0.2, -0.15) is 0 Å². The quantitative estimate of drug-likeness (QED) is 0.932. The minimum atomic E-state index is 0.140. The van der Waals surface area contributed by atoms with Crippen molar-refractivity contribution in [3.05, 3.63) is 46.3 Å². The van der Waals surface area contributed by atoms with Crippen molar-refractivity contribution in [1.82, 2.24) is 5.16 Å². The van der Waals surface area contributed by atoms with Gasteiger partial charge in [0.2, 0.25) is 0 Å². The first-order chi connectivity index (χ1) is 9.65. The molecule has 1 heterocycles. The van der Waals surface area contributed by atoms with Gasteiger partial charge in [-0.15, -0.1) is 0 Å². The fraction of sp³-hybridized carbons (Fsp3) is 0.438. The zero-order valence-electron chi connectivity index (χ0n) is 12.0. The molecular formula is C16H20N2O2. The highest BCUT2D eigenvalue weighted by Crippen LogP contribution is 2.31. The molecule has 3 rings (SSSR count). The maximum Gasteiger partial charge on any atom is 0.140 e. The lowest BCUT2D eigenvalue weighted by Gasteiger charge is -2.22. The number of aromatic nitrogens is 1. The molecule has 0 fully saturated rings. The summed E-state index contributed by atoms with van der Waals surface area (Å²) >= 11 is 0. The zero-order valence-corrected chi connectivity index (χ0v) is 12.0. The third-order valence-corrected chi connectivity index (χ3v) is 4.04. The summed E-state index contributed by atoms with van der Waals surface area (Å²) in [5, 5.41) is 3.94. The van der Waals surface area contributed by atoms with E-state index in [9.17, 15) is 0 Å². The molecule has 0 saturated heterocycles. The molecule has 2 aromatic rings. The van der Waals surface area contributed by atoms with E-state index < -0.39 is 0 Å². The topological polar surface area (TPSA) is 61.3 Å². The molecule has 0 radical (unpaired) electrons. The fourth-order valence-corrected chi connectivity index (χ4v) is 2.77. The van der Waals surface area contributed by atoms with Crippen LogP contribution in [0.25, 0.3) is 0 Å². The lowest BCUT2D eigenvalue weighted by Crippen LogP contribution is -2.17. The summed E-state index contributed by atoms with van der Waals surface area (Å²) in [6, 6.07) is 6.38. The molecule has 2 N–H and O–H groups in total. The van der Waals surface area contributed by atoms with Gasteiger partial charge in [-0.1, -0.05) is 11.2 Å². The number of hydrogen-bond acceptors (Lipinski definition) is 4. The molecule has 0 unspecified atom stereocenters. The summed E-state index contributed by atoms with van der Waals surface area (Å²) in [5.41, 5.74) is 10.7. The predicted octanol–water partition coefficient (Wildman–Crippen LogP) is 3.21. The normalized spacial score (nSPS) is 17.9. The van der Waals surface area contributed by atoms with Crippen LogP contribution >= 0.6 is 0 Å². The first-order valence-corrected chi connectivity index (χ1v) is 7.08. The van der Waals surface area contributed by atoms with E-state index in [-0.39, 0.29) is 6.04 Å². The lowest BCUT2D eigenvalue weighted by molar-refractivity contribution is 0.301. The number of ether oxygens (including phenoxy) is 1. The van der Waals surface area contributed by atoms with Gasteiger partial charge in [-0.3, -0.25) is 0 Å². The van der Waals surface area contributed by atoms with Gasteiger partial charge in [-0.25, -0.2) is 0 Å². The van der Waals surface area contributed by atoms with E-state index in [0.717, 1.165) is 35.6 Å². The van der Waals surface area contributed by atoms with Crippen LogP contribution < -0.4 is 10.5 Å². The number of nitrogens with zero attached hydrogens (tertiary/aromatic N) is 1. The van der Waals surface area contributed by atoms with Gasteiger partial charge in [-0.05, 0) is 56.4 Å². The SMILES string of the molecule is Cc1noc(C)c1COc1ccc2c(c1)[C@@H](N)CCC2. The molecule has 1 aliphatic rings. The lowest BCUT2D eigenvalue weighted by atomic mass is 9.88. The highest BCUT2D eigenvalue weighted by Gasteiger charge is 2.17. The largest absolute Gasteiger partial charge is 0.489 e. The molecule has 0 bridgehead atoms. The van der Waals surface area contributed by atoms with Crippen molar-refractivity contribution in [3.8, 4) is 5.75 Å². The highest BCUT2D eigenvalue weighted by atomic mass is 16.5. The molecule has 0 spiro atoms. The average molecular weight is 272 g/mol. The Morgan fingerprint density at radius 3 is 3.00 bits per heavy atom. The molecule has 106 valence electrons. The molecular weight excluding hydrogens is 252 g/mol. The molecule has 4 nitrogen and oxygen atoms in total. The zero-order chi connectivity index (χ0) is 14.1. The Hall–Kier alpha value is -1.81. The average Bonchev–Trinajstić information content (AvgIpc) is 2.76. The molecule has 0 saturated carbocycles. The van der Waals surface area contributed by atoms with Gasteiger partial charge in [0, 0.05) is 6.04 Å². The van der Waals surface area contributed by atoms with Crippen LogP contribution in [0.15, 0.2) is 22.7 Å². The minimum Gasteiger partial charge on any atom is -0.489 e. The van der Waals surface area contributed by atoms with Crippen LogP contribution in [0.4, 0.5) is 0 Å². The predicted molar refractivity (Wildman–Crippen MR) is 76.6 cm³/mol. The number of hydrogen-bond donors (Lipinski definition) is 1. The second kappa shape index (κ2) is 5.29. The van der Waals surface area contributed by atoms with Crippen LogP contribution in [0.1, 0.15) is 47.0 Å². The summed E-state index contributed by atoms with van der Waals surface area (Å²) in [6.07, 6.45) is 3.35. The molecule has 1 aromatic carbocycles. The van der Waals surface area contributed by atoms with Crippen molar-refractivity contribution in [3.63, 3.8) is 0 Å². The summed E-state index contributed by atoms with van der Waals surface area (Å²) in [7, 11) is 0. The maximum absolute atomic E-state index is 6.17. The maximum atomic E-state index is 6.17. The van der Waals surface area contributed by atoms with Crippen molar-refractivity contribution >= 4 is 0 Å². The molecule has 4 heteroatoms. The van der Waals surface area contributed by atoms with E-state index >= 15 is 0 Å². The van der Waals surface area contributed by atoms with Crippen LogP contribution in [0.3, 0.4) is 0 Å². The number of nitrogens with two attached hydrogens (primary N) is 1. The first kappa shape index (κ1) is 13.2. The fourth-order valence-electron chi connectivity index (χ4n) is 2.77. The van der Waals surface area contributed by atoms with Gasteiger partial charge >= 0.3 is 0 Å². The van der Waals surface area contributed by atoms with Crippen molar-refractivity contribution in [1.29, 1.82) is 0 Å². The van der Waals surface area contributed by atoms with Crippen molar-refractivity contribution in [2.24, 2.45) is 5.73 Å². The van der Waals surface area contributed by atoms with E-state index in [1.165, 1.54) is 17.5 Å². The van der Waals surface area contributed by atoms with E-state index in [4.69, 9.17) is 15.0 Å². The number of rotatable bonds is 3. The van der Waals surface area contributed by atoms with E-state index in [1.807, 2.05) is 19.9 Å². The van der Waals surface area contributed by atoms with Crippen LogP contribution in [-0.4, -0.2) is 5.16 Å². The summed E-state index contributed by atoms with van der Waals surface area (Å²) in [4.78, 5) is 0. The van der Waals surface area contributed by atoms with Crippen molar-refractivity contribution in [2.75, 3.05) is 0 Å². The van der Waals surface area contributed by atoms with Gasteiger partial charge in [0.1, 0.15) is 18.1 Å². The van der Waals surface area contributed by atoms with Crippen LogP contribution in [-0.2, 0) is 13.0 Å². The summed E-state index contributed by atoms with van der Waals surface area (Å²) < 4.78 is 11.0. The minimum absolute atomic E-state index is 0.140. The number of aryl methyl sites for hydroxylation is 3. The van der Waals surface area contributed by atoms with Crippen molar-refractivity contribution < 1.29 is 9.26 Å². The van der Waals surface area contributed by atoms with Crippen molar-refractivity contribution in [2.45, 2.75) is 45.8 Å². The monoisotopic (exact) mass is 272 g/mol. The smallest absolute Gasteiger partial charge is 0.140 e. The van der Waals surface area contributed by atoms with Gasteiger partial charge < -0.3 is 15.0 Å². The molecule has 20 heavy (non-hydrogen) atoms. The Morgan fingerprint density at radius 2 is 2.25 bits per heavy atom. The Kier molecular flexibility index (Phi) is 3.49. The van der Waals surface area contributed by atoms with E-state index in [0.29, 0.717) is 6.61 Å². The number of fused-ring (bicyclic) bond motifs is 1. The highest BCUT2D eigenvalue weighted by molar-refractivity contribution is 5.39. The van der Waals surface area contributed by atoms with Gasteiger partial charge in [0.25, 0.3) is 0 Å². The van der Waals surface area contributed by atoms with Crippen LogP contribution in [0, 0.1) is 13.8 Å². The van der Waals surface area contributed by atoms with E-state index in [1.54, 1.807) is 0 Å². The molecule has 0 amide bonds. The summed E-state index contributed by atoms with van der Waals surface area (Å²) in [5.74, 6) is 1.68. The standard InChI is InChI=1S/C16H20N2O2/c1-10-15(11(2)20-18-10)9-19-13-7-6-12-4-3-5-16(17)14(12)8-13/h6-8,16H,3-5,9,17H2,1-2H3/t16-/m0/s1. The Bertz CT molecular complexity index is 599. The Balaban J connectivity index is 1.77. The summed E-state index contributed by atoms with van der Waals surface area (Å²) in [6.45, 7) is 4.31. The van der Waals surface area contributed by atoms with E-state index in [2.05, 4.69) is 17.3 Å². The molecule has 0 aliphatic heterocycles. The third-order valence-electron chi connectivity index (χ3n) is 4.04. The molecule has 1 aliphatic carbocycles. The molecule has 1 aromatic heterocycles. The van der Waals surface area contributed by atoms with Gasteiger partial charge in [0.15, 0.2) is 0 Å². The Labute approximate surface area is 118 Å². The van der Waals surface area contributed by atoms with Gasteiger partial charge in [0.05, 0.1) is 11.3 Å². The van der Waals surface area contributed by atoms with Crippen LogP contribution in [0.5, 0.6) is 5.75 Å². The van der Waals surface area contributed by atoms with Crippen LogP contribution in [0.2, 0.25) is 0 Å². The second-order valence-electron chi connectivity index (χ2n) is 5.45.